The fraction of sp³-hybridized carbons (Fsp3) is 0.130. The van der Waals surface area contributed by atoms with Gasteiger partial charge in [-0.05, 0) is 12.1 Å². The number of imide groups is 1. The molecule has 31 heavy (non-hydrogen) atoms. The summed E-state index contributed by atoms with van der Waals surface area (Å²) in [6.45, 7) is 0. The number of carbonyl (C=O) groups is 2. The number of nitrogens with two attached hydrogens (primary N) is 1. The SMILES string of the molecule is CO.CO.Cn1c2ccccc2c2c3c(c4c5ccccc5[nH]c4c21)C(=O)N(N)C3=O. The quantitative estimate of drug-likeness (QED) is 0.175. The van der Waals surface area contributed by atoms with Crippen LogP contribution in [0.15, 0.2) is 48.5 Å². The zero-order valence-electron chi connectivity index (χ0n) is 17.3. The highest BCUT2D eigenvalue weighted by molar-refractivity contribution is 6.39. The largest absolute Gasteiger partial charge is 0.400 e. The van der Waals surface area contributed by atoms with Crippen molar-refractivity contribution < 1.29 is 19.8 Å². The number of aryl methyl sites for hydroxylation is 1. The molecule has 5 N–H and O–H groups in total. The van der Waals surface area contributed by atoms with Crippen LogP contribution in [-0.4, -0.2) is 50.8 Å². The molecule has 0 unspecified atom stereocenters. The molecule has 1 aliphatic rings. The van der Waals surface area contributed by atoms with Gasteiger partial charge in [-0.25, -0.2) is 10.9 Å². The Balaban J connectivity index is 0.000000549. The fourth-order valence-corrected chi connectivity index (χ4v) is 4.53. The van der Waals surface area contributed by atoms with E-state index in [1.54, 1.807) is 0 Å². The van der Waals surface area contributed by atoms with Crippen LogP contribution in [0.3, 0.4) is 0 Å². The third-order valence-corrected chi connectivity index (χ3v) is 5.67. The third kappa shape index (κ3) is 2.53. The first-order valence-corrected chi connectivity index (χ1v) is 9.56. The van der Waals surface area contributed by atoms with E-state index in [9.17, 15) is 9.59 Å². The summed E-state index contributed by atoms with van der Waals surface area (Å²) in [7, 11) is 3.98. The number of carbonyl (C=O) groups excluding carboxylic acids is 2. The minimum absolute atomic E-state index is 0.388. The Morgan fingerprint density at radius 3 is 2.03 bits per heavy atom. The second-order valence-electron chi connectivity index (χ2n) is 6.95. The van der Waals surface area contributed by atoms with Crippen LogP contribution in [0.4, 0.5) is 0 Å². The number of aliphatic hydroxyl groups excluding tert-OH is 2. The lowest BCUT2D eigenvalue weighted by atomic mass is 9.97. The van der Waals surface area contributed by atoms with E-state index < -0.39 is 11.8 Å². The number of rotatable bonds is 0. The molecule has 5 aromatic rings. The van der Waals surface area contributed by atoms with Crippen molar-refractivity contribution in [1.82, 2.24) is 14.6 Å². The van der Waals surface area contributed by atoms with E-state index >= 15 is 0 Å². The van der Waals surface area contributed by atoms with Crippen LogP contribution in [0.1, 0.15) is 20.7 Å². The van der Waals surface area contributed by atoms with Crippen molar-refractivity contribution in [3.63, 3.8) is 0 Å². The van der Waals surface area contributed by atoms with Gasteiger partial charge in [0.2, 0.25) is 0 Å². The van der Waals surface area contributed by atoms with Crippen molar-refractivity contribution in [3.05, 3.63) is 59.7 Å². The molecule has 158 valence electrons. The first kappa shape index (κ1) is 20.5. The summed E-state index contributed by atoms with van der Waals surface area (Å²) in [5, 5.41) is 18.1. The van der Waals surface area contributed by atoms with Gasteiger partial charge in [-0.2, -0.15) is 0 Å². The number of fused-ring (bicyclic) bond motifs is 10. The topological polar surface area (TPSA) is 125 Å². The second-order valence-corrected chi connectivity index (χ2v) is 6.95. The molecule has 0 aliphatic carbocycles. The molecular weight excluding hydrogens is 396 g/mol. The van der Waals surface area contributed by atoms with Crippen molar-refractivity contribution in [3.8, 4) is 0 Å². The Kier molecular flexibility index (Phi) is 4.98. The normalized spacial score (nSPS) is 12.9. The molecule has 8 heteroatoms. The molecule has 0 spiro atoms. The average Bonchev–Trinajstić information content (AvgIpc) is 3.42. The molecule has 0 fully saturated rings. The monoisotopic (exact) mass is 418 g/mol. The van der Waals surface area contributed by atoms with Gasteiger partial charge < -0.3 is 19.8 Å². The van der Waals surface area contributed by atoms with Crippen molar-refractivity contribution in [2.24, 2.45) is 12.9 Å². The summed E-state index contributed by atoms with van der Waals surface area (Å²) in [5.41, 5.74) is 4.45. The number of para-hydroxylation sites is 2. The number of aliphatic hydroxyl groups is 2. The maximum Gasteiger partial charge on any atom is 0.276 e. The molecule has 0 saturated carbocycles. The number of aromatic amines is 1. The predicted molar refractivity (Wildman–Crippen MR) is 121 cm³/mol. The third-order valence-electron chi connectivity index (χ3n) is 5.67. The molecule has 0 saturated heterocycles. The molecular formula is C23H22N4O4. The van der Waals surface area contributed by atoms with Crippen LogP contribution in [0.2, 0.25) is 0 Å². The minimum Gasteiger partial charge on any atom is -0.400 e. The van der Waals surface area contributed by atoms with E-state index in [0.717, 1.165) is 62.8 Å². The zero-order valence-corrected chi connectivity index (χ0v) is 17.3. The number of nitrogens with one attached hydrogen (secondary N) is 1. The Morgan fingerprint density at radius 1 is 0.806 bits per heavy atom. The summed E-state index contributed by atoms with van der Waals surface area (Å²) < 4.78 is 2.07. The average molecular weight is 418 g/mol. The molecule has 0 atom stereocenters. The van der Waals surface area contributed by atoms with Crippen LogP contribution >= 0.6 is 0 Å². The van der Waals surface area contributed by atoms with Crippen LogP contribution in [0.5, 0.6) is 0 Å². The number of amides is 2. The van der Waals surface area contributed by atoms with E-state index in [1.807, 2.05) is 55.6 Å². The van der Waals surface area contributed by atoms with Gasteiger partial charge in [0.1, 0.15) is 0 Å². The lowest BCUT2D eigenvalue weighted by Gasteiger charge is -2.04. The van der Waals surface area contributed by atoms with Gasteiger partial charge in [0.05, 0.1) is 22.2 Å². The smallest absolute Gasteiger partial charge is 0.276 e. The Labute approximate surface area is 177 Å². The summed E-state index contributed by atoms with van der Waals surface area (Å²) in [6.07, 6.45) is 0. The highest BCUT2D eigenvalue weighted by atomic mass is 16.2. The lowest BCUT2D eigenvalue weighted by molar-refractivity contribution is 0.0655. The molecule has 0 bridgehead atoms. The Hall–Kier alpha value is -3.72. The number of hydrogen-bond acceptors (Lipinski definition) is 5. The van der Waals surface area contributed by atoms with Crippen LogP contribution in [-0.2, 0) is 7.05 Å². The summed E-state index contributed by atoms with van der Waals surface area (Å²) in [6, 6.07) is 15.7. The highest BCUT2D eigenvalue weighted by Crippen LogP contribution is 2.43. The highest BCUT2D eigenvalue weighted by Gasteiger charge is 2.39. The molecule has 3 heterocycles. The van der Waals surface area contributed by atoms with E-state index in [1.165, 1.54) is 0 Å². The van der Waals surface area contributed by atoms with E-state index in [0.29, 0.717) is 11.1 Å². The maximum atomic E-state index is 12.9. The molecule has 3 aromatic carbocycles. The maximum absolute atomic E-state index is 12.9. The zero-order chi connectivity index (χ0) is 22.4. The van der Waals surface area contributed by atoms with Crippen molar-refractivity contribution in [2.75, 3.05) is 14.2 Å². The predicted octanol–water partition coefficient (Wildman–Crippen LogP) is 2.65. The van der Waals surface area contributed by atoms with Crippen LogP contribution < -0.4 is 5.84 Å². The standard InChI is InChI=1S/C21H14N4O2.2CH4O/c1-24-13-9-5-3-7-11(13)15-17-16(20(26)25(22)21(17)27)14-10-6-2-4-8-12(10)23-18(14)19(15)24;2*1-2/h2-9,23H,22H2,1H3;2*2H,1H3. The fourth-order valence-electron chi connectivity index (χ4n) is 4.53. The molecule has 8 nitrogen and oxygen atoms in total. The lowest BCUT2D eigenvalue weighted by Crippen LogP contribution is -2.36. The number of H-pyrrole nitrogens is 1. The number of nitrogens with zero attached hydrogens (tertiary/aromatic N) is 2. The van der Waals surface area contributed by atoms with Gasteiger partial charge in [0, 0.05) is 53.8 Å². The molecule has 0 radical (unpaired) electrons. The van der Waals surface area contributed by atoms with Gasteiger partial charge in [-0.15, -0.1) is 0 Å². The molecule has 2 amide bonds. The number of benzene rings is 3. The summed E-state index contributed by atoms with van der Waals surface area (Å²) in [5.74, 6) is 4.92. The van der Waals surface area contributed by atoms with Crippen molar-refractivity contribution in [1.29, 1.82) is 0 Å². The second kappa shape index (κ2) is 7.51. The Morgan fingerprint density at radius 2 is 1.35 bits per heavy atom. The number of hydrogen-bond donors (Lipinski definition) is 4. The van der Waals surface area contributed by atoms with Gasteiger partial charge in [0.15, 0.2) is 0 Å². The van der Waals surface area contributed by atoms with E-state index in [2.05, 4.69) is 9.55 Å². The van der Waals surface area contributed by atoms with E-state index in [4.69, 9.17) is 16.1 Å². The van der Waals surface area contributed by atoms with Gasteiger partial charge in [-0.1, -0.05) is 36.4 Å². The minimum atomic E-state index is -0.459. The number of hydrazine groups is 1. The molecule has 2 aromatic heterocycles. The Bertz CT molecular complexity index is 1500. The number of aromatic nitrogens is 2. The summed E-state index contributed by atoms with van der Waals surface area (Å²) in [4.78, 5) is 29.3. The van der Waals surface area contributed by atoms with Gasteiger partial charge >= 0.3 is 0 Å². The molecule has 6 rings (SSSR count). The van der Waals surface area contributed by atoms with E-state index in [-0.39, 0.29) is 0 Å². The first-order valence-electron chi connectivity index (χ1n) is 9.56. The van der Waals surface area contributed by atoms with Gasteiger partial charge in [-0.3, -0.25) is 9.59 Å². The first-order chi connectivity index (χ1) is 15.1. The van der Waals surface area contributed by atoms with Gasteiger partial charge in [0.25, 0.3) is 11.8 Å². The van der Waals surface area contributed by atoms with Crippen LogP contribution in [0, 0.1) is 0 Å². The molecule has 1 aliphatic heterocycles. The van der Waals surface area contributed by atoms with Crippen molar-refractivity contribution >= 4 is 55.4 Å². The van der Waals surface area contributed by atoms with Crippen LogP contribution in [0.25, 0.3) is 43.6 Å². The van der Waals surface area contributed by atoms with Crippen molar-refractivity contribution in [2.45, 2.75) is 0 Å². The summed E-state index contributed by atoms with van der Waals surface area (Å²) >= 11 is 0.